The summed E-state index contributed by atoms with van der Waals surface area (Å²) in [6, 6.07) is 13.5. The lowest BCUT2D eigenvalue weighted by Crippen LogP contribution is -2.49. The molecule has 0 N–H and O–H groups in total. The van der Waals surface area contributed by atoms with Gasteiger partial charge in [-0.05, 0) is 56.2 Å². The van der Waals surface area contributed by atoms with Gasteiger partial charge < -0.3 is 19.6 Å². The summed E-state index contributed by atoms with van der Waals surface area (Å²) in [5.74, 6) is -0.723. The molecule has 3 aliphatic heterocycles. The van der Waals surface area contributed by atoms with E-state index in [0.717, 1.165) is 13.1 Å². The average Bonchev–Trinajstić information content (AvgIpc) is 3.49. The van der Waals surface area contributed by atoms with E-state index in [1.165, 1.54) is 21.7 Å². The predicted octanol–water partition coefficient (Wildman–Crippen LogP) is 3.19. The highest BCUT2D eigenvalue weighted by Crippen LogP contribution is 2.28. The second kappa shape index (κ2) is 9.91. The van der Waals surface area contributed by atoms with Gasteiger partial charge in [0.15, 0.2) is 0 Å². The fourth-order valence-corrected chi connectivity index (χ4v) is 5.58. The SMILES string of the molecule is Cc1ccc(N2CCN(C(=O)c3ccc(N4CC(C(=O)N5CC[C@H](F)C5)CC4=O)cc3)CC2)c(C)c1. The Morgan fingerprint density at radius 3 is 2.25 bits per heavy atom. The zero-order chi connectivity index (χ0) is 25.4. The van der Waals surface area contributed by atoms with Gasteiger partial charge in [-0.2, -0.15) is 0 Å². The molecule has 5 rings (SSSR count). The van der Waals surface area contributed by atoms with Crippen LogP contribution in [0, 0.1) is 19.8 Å². The van der Waals surface area contributed by atoms with Crippen LogP contribution >= 0.6 is 0 Å². The van der Waals surface area contributed by atoms with E-state index in [1.807, 2.05) is 4.90 Å². The number of halogens is 1. The third kappa shape index (κ3) is 4.81. The monoisotopic (exact) mass is 492 g/mol. The van der Waals surface area contributed by atoms with Crippen molar-refractivity contribution < 1.29 is 18.8 Å². The zero-order valence-electron chi connectivity index (χ0n) is 21.0. The molecule has 8 heteroatoms. The van der Waals surface area contributed by atoms with Gasteiger partial charge in [0.1, 0.15) is 6.17 Å². The van der Waals surface area contributed by atoms with Crippen LogP contribution in [0.4, 0.5) is 15.8 Å². The van der Waals surface area contributed by atoms with Crippen molar-refractivity contribution in [3.63, 3.8) is 0 Å². The van der Waals surface area contributed by atoms with Gasteiger partial charge in [0.25, 0.3) is 5.91 Å². The summed E-state index contributed by atoms with van der Waals surface area (Å²) < 4.78 is 13.5. The molecule has 7 nitrogen and oxygen atoms in total. The van der Waals surface area contributed by atoms with Crippen molar-refractivity contribution in [3.8, 4) is 0 Å². The first-order valence-electron chi connectivity index (χ1n) is 12.7. The Morgan fingerprint density at radius 1 is 0.889 bits per heavy atom. The number of piperazine rings is 1. The molecule has 3 heterocycles. The van der Waals surface area contributed by atoms with Gasteiger partial charge in [0, 0.05) is 62.6 Å². The summed E-state index contributed by atoms with van der Waals surface area (Å²) in [6.07, 6.45) is -0.467. The molecule has 2 aromatic carbocycles. The van der Waals surface area contributed by atoms with E-state index in [1.54, 1.807) is 29.2 Å². The molecular weight excluding hydrogens is 459 g/mol. The lowest BCUT2D eigenvalue weighted by molar-refractivity contribution is -0.135. The Labute approximate surface area is 211 Å². The van der Waals surface area contributed by atoms with Crippen molar-refractivity contribution >= 4 is 29.1 Å². The number of benzene rings is 2. The van der Waals surface area contributed by atoms with Crippen LogP contribution in [0.3, 0.4) is 0 Å². The zero-order valence-corrected chi connectivity index (χ0v) is 21.0. The number of alkyl halides is 1. The van der Waals surface area contributed by atoms with Crippen molar-refractivity contribution in [2.24, 2.45) is 5.92 Å². The van der Waals surface area contributed by atoms with Crippen molar-refractivity contribution in [1.82, 2.24) is 9.80 Å². The molecule has 1 unspecified atom stereocenters. The molecule has 0 aliphatic carbocycles. The van der Waals surface area contributed by atoms with Crippen molar-refractivity contribution in [3.05, 3.63) is 59.2 Å². The van der Waals surface area contributed by atoms with Crippen LogP contribution in [0.25, 0.3) is 0 Å². The van der Waals surface area contributed by atoms with Crippen molar-refractivity contribution in [2.75, 3.05) is 55.6 Å². The number of amides is 3. The number of anilines is 2. The highest BCUT2D eigenvalue weighted by Gasteiger charge is 2.39. The molecule has 3 amide bonds. The molecule has 0 bridgehead atoms. The van der Waals surface area contributed by atoms with E-state index in [9.17, 15) is 18.8 Å². The maximum Gasteiger partial charge on any atom is 0.253 e. The summed E-state index contributed by atoms with van der Waals surface area (Å²) in [7, 11) is 0. The highest BCUT2D eigenvalue weighted by atomic mass is 19.1. The van der Waals surface area contributed by atoms with Crippen molar-refractivity contribution in [1.29, 1.82) is 0 Å². The summed E-state index contributed by atoms with van der Waals surface area (Å²) in [6.45, 7) is 7.91. The molecule has 36 heavy (non-hydrogen) atoms. The molecule has 0 radical (unpaired) electrons. The molecule has 3 saturated heterocycles. The fourth-order valence-electron chi connectivity index (χ4n) is 5.58. The summed E-state index contributed by atoms with van der Waals surface area (Å²) >= 11 is 0. The molecule has 0 aromatic heterocycles. The minimum absolute atomic E-state index is 0.0163. The molecule has 3 fully saturated rings. The number of carbonyl (C=O) groups excluding carboxylic acids is 3. The molecule has 190 valence electrons. The number of carbonyl (C=O) groups is 3. The molecule has 2 atom stereocenters. The predicted molar refractivity (Wildman–Crippen MR) is 137 cm³/mol. The lowest BCUT2D eigenvalue weighted by Gasteiger charge is -2.37. The second-order valence-corrected chi connectivity index (χ2v) is 10.2. The Hall–Kier alpha value is -3.42. The van der Waals surface area contributed by atoms with Crippen LogP contribution in [-0.2, 0) is 9.59 Å². The number of nitrogens with zero attached hydrogens (tertiary/aromatic N) is 4. The molecule has 0 saturated carbocycles. The second-order valence-electron chi connectivity index (χ2n) is 10.2. The number of likely N-dealkylation sites (tertiary alicyclic amines) is 1. The Bertz CT molecular complexity index is 1160. The first-order chi connectivity index (χ1) is 17.3. The summed E-state index contributed by atoms with van der Waals surface area (Å²) in [5, 5.41) is 0. The number of hydrogen-bond donors (Lipinski definition) is 0. The van der Waals surface area contributed by atoms with Crippen LogP contribution in [-0.4, -0.2) is 79.5 Å². The largest absolute Gasteiger partial charge is 0.368 e. The number of aryl methyl sites for hydroxylation is 2. The quantitative estimate of drug-likeness (QED) is 0.658. The van der Waals surface area contributed by atoms with E-state index in [2.05, 4.69) is 36.9 Å². The van der Waals surface area contributed by atoms with Crippen LogP contribution in [0.2, 0.25) is 0 Å². The van der Waals surface area contributed by atoms with E-state index in [-0.39, 0.29) is 30.7 Å². The van der Waals surface area contributed by atoms with Gasteiger partial charge in [-0.15, -0.1) is 0 Å². The minimum atomic E-state index is -0.970. The van der Waals surface area contributed by atoms with Crippen LogP contribution in [0.15, 0.2) is 42.5 Å². The maximum atomic E-state index is 13.5. The number of hydrogen-bond acceptors (Lipinski definition) is 4. The van der Waals surface area contributed by atoms with Gasteiger partial charge >= 0.3 is 0 Å². The molecule has 0 spiro atoms. The molecular formula is C28H33FN4O3. The Kier molecular flexibility index (Phi) is 6.69. The normalized spacial score (nSPS) is 22.5. The highest BCUT2D eigenvalue weighted by molar-refractivity contribution is 6.01. The molecule has 2 aromatic rings. The summed E-state index contributed by atoms with van der Waals surface area (Å²) in [4.78, 5) is 45.8. The van der Waals surface area contributed by atoms with Crippen LogP contribution < -0.4 is 9.80 Å². The number of rotatable bonds is 4. The summed E-state index contributed by atoms with van der Waals surface area (Å²) in [5.41, 5.74) is 4.98. The Balaban J connectivity index is 1.18. The first-order valence-corrected chi connectivity index (χ1v) is 12.7. The standard InChI is InChI=1S/C28H33FN4O3/c1-19-3-8-25(20(2)15-19)30-11-13-31(14-12-30)27(35)21-4-6-24(7-5-21)33-17-22(16-26(33)34)28(36)32-10-9-23(29)18-32/h3-8,15,22-23H,9-14,16-18H2,1-2H3/t22?,23-/m0/s1. The third-order valence-corrected chi connectivity index (χ3v) is 7.60. The van der Waals surface area contributed by atoms with Crippen molar-refractivity contribution in [2.45, 2.75) is 32.9 Å². The molecule has 3 aliphatic rings. The van der Waals surface area contributed by atoms with Gasteiger partial charge in [0.05, 0.1) is 12.5 Å². The van der Waals surface area contributed by atoms with E-state index in [0.29, 0.717) is 43.9 Å². The van der Waals surface area contributed by atoms with Gasteiger partial charge in [-0.25, -0.2) is 4.39 Å². The van der Waals surface area contributed by atoms with Gasteiger partial charge in [0.2, 0.25) is 11.8 Å². The third-order valence-electron chi connectivity index (χ3n) is 7.60. The van der Waals surface area contributed by atoms with E-state index in [4.69, 9.17) is 0 Å². The smallest absolute Gasteiger partial charge is 0.253 e. The van der Waals surface area contributed by atoms with E-state index >= 15 is 0 Å². The fraction of sp³-hybridized carbons (Fsp3) is 0.464. The average molecular weight is 493 g/mol. The Morgan fingerprint density at radius 2 is 1.61 bits per heavy atom. The van der Waals surface area contributed by atoms with Gasteiger partial charge in [-0.1, -0.05) is 17.7 Å². The maximum absolute atomic E-state index is 13.5. The van der Waals surface area contributed by atoms with Crippen LogP contribution in [0.5, 0.6) is 0 Å². The van der Waals surface area contributed by atoms with Gasteiger partial charge in [-0.3, -0.25) is 14.4 Å². The topological polar surface area (TPSA) is 64.2 Å². The van der Waals surface area contributed by atoms with E-state index < -0.39 is 12.1 Å². The first kappa shape index (κ1) is 24.3. The van der Waals surface area contributed by atoms with Crippen LogP contribution in [0.1, 0.15) is 34.3 Å². The minimum Gasteiger partial charge on any atom is -0.368 e. The lowest BCUT2D eigenvalue weighted by atomic mass is 10.1.